The van der Waals surface area contributed by atoms with E-state index in [2.05, 4.69) is 15.9 Å². The quantitative estimate of drug-likeness (QED) is 0.826. The minimum atomic E-state index is -3.50. The van der Waals surface area contributed by atoms with Crippen LogP contribution in [0.1, 0.15) is 24.0 Å². The second-order valence-electron chi connectivity index (χ2n) is 4.81. The molecular formula is C13H16BrNO3S. The zero-order valence-electron chi connectivity index (χ0n) is 10.9. The zero-order valence-corrected chi connectivity index (χ0v) is 13.3. The van der Waals surface area contributed by atoms with Gasteiger partial charge in [0.1, 0.15) is 5.78 Å². The van der Waals surface area contributed by atoms with Crippen LogP contribution in [0.5, 0.6) is 0 Å². The number of nitrogens with zero attached hydrogens (tertiary/aromatic N) is 1. The summed E-state index contributed by atoms with van der Waals surface area (Å²) in [5, 5.41) is 0. The van der Waals surface area contributed by atoms with E-state index in [0.717, 1.165) is 15.6 Å². The van der Waals surface area contributed by atoms with Crippen LogP contribution in [-0.2, 0) is 14.8 Å². The third-order valence-electron chi connectivity index (χ3n) is 3.35. The molecule has 1 aliphatic rings. The molecule has 1 aromatic carbocycles. The van der Waals surface area contributed by atoms with E-state index in [4.69, 9.17) is 0 Å². The molecule has 0 saturated carbocycles. The largest absolute Gasteiger partial charge is 0.300 e. The smallest absolute Gasteiger partial charge is 0.243 e. The number of halogens is 1. The molecule has 1 aliphatic heterocycles. The summed E-state index contributed by atoms with van der Waals surface area (Å²) >= 11 is 3.37. The monoisotopic (exact) mass is 345 g/mol. The second kappa shape index (κ2) is 5.34. The summed E-state index contributed by atoms with van der Waals surface area (Å²) in [5.41, 5.74) is 1.74. The number of aryl methyl sites for hydroxylation is 2. The van der Waals surface area contributed by atoms with Gasteiger partial charge in [-0.15, -0.1) is 0 Å². The van der Waals surface area contributed by atoms with Crippen molar-refractivity contribution in [2.24, 2.45) is 0 Å². The number of hydrogen-bond donors (Lipinski definition) is 0. The number of carbonyl (C=O) groups excluding carboxylic acids is 1. The van der Waals surface area contributed by atoms with Gasteiger partial charge >= 0.3 is 0 Å². The summed E-state index contributed by atoms with van der Waals surface area (Å²) in [5.74, 6) is 0.133. The Morgan fingerprint density at radius 1 is 1.11 bits per heavy atom. The molecule has 2 rings (SSSR count). The topological polar surface area (TPSA) is 54.5 Å². The Hall–Kier alpha value is -0.720. The minimum Gasteiger partial charge on any atom is -0.300 e. The van der Waals surface area contributed by atoms with Gasteiger partial charge in [0, 0.05) is 30.4 Å². The molecule has 1 saturated heterocycles. The van der Waals surface area contributed by atoms with Crippen LogP contribution in [0.2, 0.25) is 0 Å². The molecular weight excluding hydrogens is 330 g/mol. The number of piperidine rings is 1. The first-order valence-corrected chi connectivity index (χ1v) is 8.34. The van der Waals surface area contributed by atoms with Crippen LogP contribution >= 0.6 is 15.9 Å². The van der Waals surface area contributed by atoms with Gasteiger partial charge in [-0.1, -0.05) is 22.0 Å². The average Bonchev–Trinajstić information content (AvgIpc) is 2.34. The first-order chi connectivity index (χ1) is 8.82. The molecule has 1 aromatic rings. The molecule has 0 radical (unpaired) electrons. The van der Waals surface area contributed by atoms with Gasteiger partial charge in [-0.05, 0) is 31.0 Å². The number of hydrogen-bond acceptors (Lipinski definition) is 3. The Morgan fingerprint density at radius 3 is 2.26 bits per heavy atom. The van der Waals surface area contributed by atoms with Gasteiger partial charge in [-0.2, -0.15) is 4.31 Å². The van der Waals surface area contributed by atoms with Crippen molar-refractivity contribution in [3.63, 3.8) is 0 Å². The first-order valence-electron chi connectivity index (χ1n) is 6.11. The van der Waals surface area contributed by atoms with Crippen molar-refractivity contribution in [2.45, 2.75) is 31.6 Å². The van der Waals surface area contributed by atoms with Crippen molar-refractivity contribution < 1.29 is 13.2 Å². The Morgan fingerprint density at radius 2 is 1.68 bits per heavy atom. The lowest BCUT2D eigenvalue weighted by Crippen LogP contribution is -2.38. The summed E-state index contributed by atoms with van der Waals surface area (Å²) in [6.45, 7) is 4.28. The number of sulfonamides is 1. The minimum absolute atomic E-state index is 0.133. The molecule has 0 atom stereocenters. The Kier molecular flexibility index (Phi) is 4.13. The summed E-state index contributed by atoms with van der Waals surface area (Å²) in [4.78, 5) is 11.5. The lowest BCUT2D eigenvalue weighted by molar-refractivity contribution is -0.120. The fourth-order valence-electron chi connectivity index (χ4n) is 2.20. The molecule has 0 amide bonds. The molecule has 0 N–H and O–H groups in total. The number of Topliss-reactive ketones (excluding diaryl/α,β-unsaturated/α-hetero) is 1. The van der Waals surface area contributed by atoms with Crippen LogP contribution in [-0.4, -0.2) is 31.6 Å². The van der Waals surface area contributed by atoms with Crippen molar-refractivity contribution in [1.29, 1.82) is 0 Å². The van der Waals surface area contributed by atoms with Crippen molar-refractivity contribution >= 4 is 31.7 Å². The fraction of sp³-hybridized carbons (Fsp3) is 0.462. The average molecular weight is 346 g/mol. The van der Waals surface area contributed by atoms with E-state index < -0.39 is 10.0 Å². The van der Waals surface area contributed by atoms with Crippen molar-refractivity contribution in [3.05, 3.63) is 27.7 Å². The van der Waals surface area contributed by atoms with Crippen LogP contribution in [0.3, 0.4) is 0 Å². The van der Waals surface area contributed by atoms with Crippen molar-refractivity contribution in [1.82, 2.24) is 4.31 Å². The summed E-state index contributed by atoms with van der Waals surface area (Å²) in [6, 6.07) is 3.50. The number of ketones is 1. The Bertz CT molecular complexity index is 615. The van der Waals surface area contributed by atoms with Crippen LogP contribution in [0.4, 0.5) is 0 Å². The van der Waals surface area contributed by atoms with E-state index in [0.29, 0.717) is 17.7 Å². The standard InChI is InChI=1S/C13H16BrNO3S/c1-9-7-10(2)13(8-12(9)14)19(17,18)15-5-3-11(16)4-6-15/h7-8H,3-6H2,1-2H3. The summed E-state index contributed by atoms with van der Waals surface area (Å²) in [6.07, 6.45) is 0.622. The van der Waals surface area contributed by atoms with E-state index in [-0.39, 0.29) is 18.9 Å². The van der Waals surface area contributed by atoms with Crippen molar-refractivity contribution in [2.75, 3.05) is 13.1 Å². The third-order valence-corrected chi connectivity index (χ3v) is 6.25. The molecule has 6 heteroatoms. The maximum atomic E-state index is 12.6. The van der Waals surface area contributed by atoms with Crippen LogP contribution in [0.25, 0.3) is 0 Å². The van der Waals surface area contributed by atoms with E-state index in [9.17, 15) is 13.2 Å². The van der Waals surface area contributed by atoms with Crippen LogP contribution in [0.15, 0.2) is 21.5 Å². The van der Waals surface area contributed by atoms with Gasteiger partial charge in [0.15, 0.2) is 0 Å². The van der Waals surface area contributed by atoms with Crippen LogP contribution < -0.4 is 0 Å². The highest BCUT2D eigenvalue weighted by Gasteiger charge is 2.29. The van der Waals surface area contributed by atoms with E-state index in [1.165, 1.54) is 4.31 Å². The van der Waals surface area contributed by atoms with Gasteiger partial charge in [0.25, 0.3) is 0 Å². The van der Waals surface area contributed by atoms with Gasteiger partial charge in [0.05, 0.1) is 4.90 Å². The lowest BCUT2D eigenvalue weighted by atomic mass is 10.1. The molecule has 0 aromatic heterocycles. The van der Waals surface area contributed by atoms with E-state index in [1.807, 2.05) is 13.0 Å². The molecule has 19 heavy (non-hydrogen) atoms. The number of rotatable bonds is 2. The molecule has 1 fully saturated rings. The molecule has 0 spiro atoms. The first kappa shape index (κ1) is 14.7. The zero-order chi connectivity index (χ0) is 14.2. The lowest BCUT2D eigenvalue weighted by Gasteiger charge is -2.26. The molecule has 1 heterocycles. The Balaban J connectivity index is 2.40. The molecule has 0 aliphatic carbocycles. The number of carbonyl (C=O) groups is 1. The number of benzene rings is 1. The highest BCUT2D eigenvalue weighted by atomic mass is 79.9. The molecule has 4 nitrogen and oxygen atoms in total. The molecule has 0 bridgehead atoms. The van der Waals surface area contributed by atoms with E-state index >= 15 is 0 Å². The van der Waals surface area contributed by atoms with E-state index in [1.54, 1.807) is 13.0 Å². The molecule has 0 unspecified atom stereocenters. The normalized spacial score (nSPS) is 17.7. The fourth-order valence-corrected chi connectivity index (χ4v) is 4.37. The van der Waals surface area contributed by atoms with Gasteiger partial charge in [-0.25, -0.2) is 8.42 Å². The maximum absolute atomic E-state index is 12.6. The predicted octanol–water partition coefficient (Wildman–Crippen LogP) is 2.42. The Labute approximate surface area is 122 Å². The highest BCUT2D eigenvalue weighted by Crippen LogP contribution is 2.27. The van der Waals surface area contributed by atoms with Gasteiger partial charge < -0.3 is 0 Å². The highest BCUT2D eigenvalue weighted by molar-refractivity contribution is 9.10. The van der Waals surface area contributed by atoms with Gasteiger partial charge in [0.2, 0.25) is 10.0 Å². The van der Waals surface area contributed by atoms with Gasteiger partial charge in [-0.3, -0.25) is 4.79 Å². The van der Waals surface area contributed by atoms with Crippen molar-refractivity contribution in [3.8, 4) is 0 Å². The third kappa shape index (κ3) is 2.90. The summed E-state index contributed by atoms with van der Waals surface area (Å²) in [7, 11) is -3.50. The molecule has 104 valence electrons. The predicted molar refractivity (Wildman–Crippen MR) is 76.6 cm³/mol. The maximum Gasteiger partial charge on any atom is 0.243 e. The SMILES string of the molecule is Cc1cc(C)c(S(=O)(=O)N2CCC(=O)CC2)cc1Br. The second-order valence-corrected chi connectivity index (χ2v) is 7.57. The summed E-state index contributed by atoms with van der Waals surface area (Å²) < 4.78 is 27.3. The van der Waals surface area contributed by atoms with Crippen LogP contribution in [0, 0.1) is 13.8 Å².